The van der Waals surface area contributed by atoms with Gasteiger partial charge in [0.2, 0.25) is 5.91 Å². The van der Waals surface area contributed by atoms with Crippen molar-refractivity contribution >= 4 is 17.4 Å². The number of carbonyl (C=O) groups is 2. The Kier molecular flexibility index (Phi) is 4.05. The predicted molar refractivity (Wildman–Crippen MR) is 55.7 cm³/mol. The summed E-state index contributed by atoms with van der Waals surface area (Å²) in [5.41, 5.74) is -1.27. The second-order valence-electron chi connectivity index (χ2n) is 3.42. The number of hydrogen-bond acceptors (Lipinski definition) is 2. The van der Waals surface area contributed by atoms with Gasteiger partial charge < -0.3 is 5.32 Å². The lowest BCUT2D eigenvalue weighted by Gasteiger charge is -2.11. The van der Waals surface area contributed by atoms with Gasteiger partial charge >= 0.3 is 6.18 Å². The summed E-state index contributed by atoms with van der Waals surface area (Å²) in [6.45, 7) is 1.47. The molecule has 3 nitrogen and oxygen atoms in total. The van der Waals surface area contributed by atoms with Crippen LogP contribution in [0.4, 0.5) is 23.2 Å². The molecule has 0 saturated heterocycles. The predicted octanol–water partition coefficient (Wildman–Crippen LogP) is 2.92. The first kappa shape index (κ1) is 14.1. The molecule has 1 aromatic rings. The zero-order valence-corrected chi connectivity index (χ0v) is 9.27. The van der Waals surface area contributed by atoms with Crippen LogP contribution in [0.15, 0.2) is 18.2 Å². The molecule has 0 bridgehead atoms. The summed E-state index contributed by atoms with van der Waals surface area (Å²) in [6, 6.07) is 2.09. The molecule has 7 heteroatoms. The van der Waals surface area contributed by atoms with Gasteiger partial charge in [0.25, 0.3) is 5.78 Å². The van der Waals surface area contributed by atoms with E-state index >= 15 is 0 Å². The van der Waals surface area contributed by atoms with E-state index < -0.39 is 34.9 Å². The molecule has 98 valence electrons. The molecule has 18 heavy (non-hydrogen) atoms. The summed E-state index contributed by atoms with van der Waals surface area (Å²) in [5, 5.41) is 2.05. The molecule has 0 aliphatic heterocycles. The van der Waals surface area contributed by atoms with Crippen LogP contribution in [0.5, 0.6) is 0 Å². The monoisotopic (exact) mass is 263 g/mol. The first-order valence-corrected chi connectivity index (χ1v) is 4.96. The van der Waals surface area contributed by atoms with E-state index in [2.05, 4.69) is 5.32 Å². The Balaban J connectivity index is 3.19. The van der Waals surface area contributed by atoms with Crippen LogP contribution in [0.3, 0.4) is 0 Å². The van der Waals surface area contributed by atoms with Crippen LogP contribution >= 0.6 is 0 Å². The quantitative estimate of drug-likeness (QED) is 0.673. The van der Waals surface area contributed by atoms with Gasteiger partial charge in [0.05, 0.1) is 11.3 Å². The van der Waals surface area contributed by atoms with E-state index in [-0.39, 0.29) is 6.42 Å². The molecule has 0 aliphatic rings. The molecule has 1 amide bonds. The van der Waals surface area contributed by atoms with Crippen molar-refractivity contribution in [1.29, 1.82) is 0 Å². The summed E-state index contributed by atoms with van der Waals surface area (Å²) in [5.74, 6) is -3.59. The number of alkyl halides is 3. The van der Waals surface area contributed by atoms with Gasteiger partial charge in [0.1, 0.15) is 5.82 Å². The van der Waals surface area contributed by atoms with Gasteiger partial charge in [-0.3, -0.25) is 9.59 Å². The highest BCUT2D eigenvalue weighted by atomic mass is 19.4. The number of rotatable bonds is 3. The van der Waals surface area contributed by atoms with Gasteiger partial charge in [0, 0.05) is 6.42 Å². The Labute approximate surface area is 99.8 Å². The number of Topliss-reactive ketones (excluding diaryl/α,β-unsaturated/α-hetero) is 1. The topological polar surface area (TPSA) is 46.2 Å². The number of amides is 1. The van der Waals surface area contributed by atoms with Crippen molar-refractivity contribution in [1.82, 2.24) is 0 Å². The third-order valence-corrected chi connectivity index (χ3v) is 2.08. The number of benzene rings is 1. The molecule has 0 atom stereocenters. The number of nitrogens with one attached hydrogen (secondary N) is 1. The summed E-state index contributed by atoms with van der Waals surface area (Å²) in [7, 11) is 0. The van der Waals surface area contributed by atoms with Crippen LogP contribution in [0, 0.1) is 5.82 Å². The SMILES string of the molecule is CCC(=O)Nc1cc(F)ccc1C(=O)C(F)(F)F. The van der Waals surface area contributed by atoms with Crippen molar-refractivity contribution in [3.8, 4) is 0 Å². The molecule has 0 radical (unpaired) electrons. The van der Waals surface area contributed by atoms with E-state index in [0.717, 1.165) is 6.07 Å². The highest BCUT2D eigenvalue weighted by molar-refractivity contribution is 6.07. The third kappa shape index (κ3) is 3.28. The van der Waals surface area contributed by atoms with Crippen LogP contribution < -0.4 is 5.32 Å². The lowest BCUT2D eigenvalue weighted by molar-refractivity contribution is -0.115. The first-order valence-electron chi connectivity index (χ1n) is 4.96. The van der Waals surface area contributed by atoms with Crippen molar-refractivity contribution in [3.05, 3.63) is 29.6 Å². The average Bonchev–Trinajstić information content (AvgIpc) is 2.27. The highest BCUT2D eigenvalue weighted by Crippen LogP contribution is 2.27. The van der Waals surface area contributed by atoms with E-state index in [1.807, 2.05) is 0 Å². The summed E-state index contributed by atoms with van der Waals surface area (Å²) in [4.78, 5) is 22.2. The van der Waals surface area contributed by atoms with Gasteiger partial charge in [-0.05, 0) is 18.2 Å². The van der Waals surface area contributed by atoms with Crippen molar-refractivity contribution in [2.24, 2.45) is 0 Å². The van der Waals surface area contributed by atoms with Gasteiger partial charge in [-0.1, -0.05) is 6.92 Å². The minimum Gasteiger partial charge on any atom is -0.325 e. The Hall–Kier alpha value is -1.92. The fourth-order valence-electron chi connectivity index (χ4n) is 1.21. The molecule has 1 rings (SSSR count). The molecule has 1 N–H and O–H groups in total. The van der Waals surface area contributed by atoms with Gasteiger partial charge in [0.15, 0.2) is 0 Å². The average molecular weight is 263 g/mol. The van der Waals surface area contributed by atoms with Crippen molar-refractivity contribution in [3.63, 3.8) is 0 Å². The Morgan fingerprint density at radius 1 is 1.28 bits per heavy atom. The van der Waals surface area contributed by atoms with Crippen molar-refractivity contribution in [2.45, 2.75) is 19.5 Å². The van der Waals surface area contributed by atoms with Gasteiger partial charge in [-0.2, -0.15) is 13.2 Å². The maximum atomic E-state index is 12.9. The van der Waals surface area contributed by atoms with Crippen LogP contribution in [0.1, 0.15) is 23.7 Å². The molecular formula is C11H9F4NO2. The molecule has 0 aromatic heterocycles. The molecule has 0 saturated carbocycles. The lowest BCUT2D eigenvalue weighted by Crippen LogP contribution is -2.24. The highest BCUT2D eigenvalue weighted by Gasteiger charge is 2.40. The Morgan fingerprint density at radius 3 is 2.39 bits per heavy atom. The molecule has 0 aliphatic carbocycles. The molecule has 0 spiro atoms. The van der Waals surface area contributed by atoms with Crippen LogP contribution in [-0.2, 0) is 4.79 Å². The van der Waals surface area contributed by atoms with Crippen molar-refractivity contribution in [2.75, 3.05) is 5.32 Å². The molecular weight excluding hydrogens is 254 g/mol. The molecule has 0 heterocycles. The number of halogens is 4. The number of hydrogen-bond donors (Lipinski definition) is 1. The van der Waals surface area contributed by atoms with E-state index in [1.165, 1.54) is 6.92 Å². The fraction of sp³-hybridized carbons (Fsp3) is 0.273. The zero-order valence-electron chi connectivity index (χ0n) is 9.27. The minimum atomic E-state index is -5.08. The lowest BCUT2D eigenvalue weighted by atomic mass is 10.1. The number of anilines is 1. The number of carbonyl (C=O) groups excluding carboxylic acids is 2. The van der Waals surface area contributed by atoms with E-state index in [1.54, 1.807) is 0 Å². The largest absolute Gasteiger partial charge is 0.454 e. The van der Waals surface area contributed by atoms with Crippen molar-refractivity contribution < 1.29 is 27.2 Å². The third-order valence-electron chi connectivity index (χ3n) is 2.08. The number of ketones is 1. The Bertz CT molecular complexity index is 482. The summed E-state index contributed by atoms with van der Waals surface area (Å²) >= 11 is 0. The van der Waals surface area contributed by atoms with E-state index in [4.69, 9.17) is 0 Å². The van der Waals surface area contributed by atoms with Gasteiger partial charge in [-0.25, -0.2) is 4.39 Å². The molecule has 1 aromatic carbocycles. The second-order valence-corrected chi connectivity index (χ2v) is 3.42. The first-order chi connectivity index (χ1) is 8.25. The van der Waals surface area contributed by atoms with E-state index in [9.17, 15) is 27.2 Å². The fourth-order valence-corrected chi connectivity index (χ4v) is 1.21. The standard InChI is InChI=1S/C11H9F4NO2/c1-2-9(17)16-8-5-6(12)3-4-7(8)10(18)11(13,14)15/h3-5H,2H2,1H3,(H,16,17). The normalized spacial score (nSPS) is 11.2. The van der Waals surface area contributed by atoms with Crippen LogP contribution in [0.25, 0.3) is 0 Å². The van der Waals surface area contributed by atoms with Crippen LogP contribution in [0.2, 0.25) is 0 Å². The van der Waals surface area contributed by atoms with Gasteiger partial charge in [-0.15, -0.1) is 0 Å². The second kappa shape index (κ2) is 5.16. The zero-order chi connectivity index (χ0) is 13.9. The Morgan fingerprint density at radius 2 is 1.89 bits per heavy atom. The van der Waals surface area contributed by atoms with E-state index in [0.29, 0.717) is 12.1 Å². The minimum absolute atomic E-state index is 0.00381. The maximum Gasteiger partial charge on any atom is 0.454 e. The maximum absolute atomic E-state index is 12.9. The van der Waals surface area contributed by atoms with Crippen LogP contribution in [-0.4, -0.2) is 17.9 Å². The summed E-state index contributed by atoms with van der Waals surface area (Å²) in [6.07, 6.45) is -5.08. The smallest absolute Gasteiger partial charge is 0.325 e. The molecule has 0 fully saturated rings. The summed E-state index contributed by atoms with van der Waals surface area (Å²) < 4.78 is 49.8. The molecule has 0 unspecified atom stereocenters.